The number of benzene rings is 3. The van der Waals surface area contributed by atoms with E-state index in [1.807, 2.05) is 91.9 Å². The minimum absolute atomic E-state index is 0.194. The Hall–Kier alpha value is -4.66. The van der Waals surface area contributed by atoms with Crippen LogP contribution in [-0.4, -0.2) is 58.1 Å². The van der Waals surface area contributed by atoms with Gasteiger partial charge in [0.2, 0.25) is 11.8 Å². The van der Waals surface area contributed by atoms with Crippen molar-refractivity contribution in [3.63, 3.8) is 0 Å². The highest BCUT2D eigenvalue weighted by Crippen LogP contribution is 2.36. The topological polar surface area (TPSA) is 114 Å². The van der Waals surface area contributed by atoms with Crippen LogP contribution in [0.5, 0.6) is 0 Å². The van der Waals surface area contributed by atoms with Gasteiger partial charge in [-0.1, -0.05) is 91.9 Å². The molecule has 1 aliphatic rings. The minimum Gasteiger partial charge on any atom is -0.458 e. The Kier molecular flexibility index (Phi) is 12.3. The van der Waals surface area contributed by atoms with Gasteiger partial charge in [0, 0.05) is 18.9 Å². The van der Waals surface area contributed by atoms with Crippen molar-refractivity contribution in [2.45, 2.75) is 116 Å². The lowest BCUT2D eigenvalue weighted by atomic mass is 9.98. The highest BCUT2D eigenvalue weighted by molar-refractivity contribution is 5.94. The second-order valence-corrected chi connectivity index (χ2v) is 14.6. The van der Waals surface area contributed by atoms with E-state index in [1.165, 1.54) is 0 Å². The van der Waals surface area contributed by atoms with Crippen LogP contribution in [0.3, 0.4) is 0 Å². The number of nitrogens with zero attached hydrogens (tertiary/aromatic N) is 1. The fourth-order valence-corrected chi connectivity index (χ4v) is 5.59. The molecular weight excluding hydrogens is 618 g/mol. The van der Waals surface area contributed by atoms with E-state index < -0.39 is 53.2 Å². The van der Waals surface area contributed by atoms with Gasteiger partial charge in [-0.15, -0.1) is 0 Å². The molecule has 9 heteroatoms. The summed E-state index contributed by atoms with van der Waals surface area (Å²) in [5, 5.41) is 5.78. The first-order chi connectivity index (χ1) is 23.1. The molecule has 262 valence electrons. The number of ether oxygens (including phenoxy) is 2. The summed E-state index contributed by atoms with van der Waals surface area (Å²) in [5.41, 5.74) is 1.82. The van der Waals surface area contributed by atoms with Gasteiger partial charge in [0.15, 0.2) is 0 Å². The van der Waals surface area contributed by atoms with Crippen LogP contribution in [0.1, 0.15) is 89.6 Å². The van der Waals surface area contributed by atoms with E-state index in [4.69, 9.17) is 9.47 Å². The van der Waals surface area contributed by atoms with Gasteiger partial charge >= 0.3 is 12.1 Å². The minimum atomic E-state index is -1.08. The van der Waals surface area contributed by atoms with Gasteiger partial charge in [-0.05, 0) is 83.1 Å². The molecule has 3 aromatic rings. The fourth-order valence-electron chi connectivity index (χ4n) is 5.59. The standard InChI is InChI=1S/C40H51N3O6/c1-8-27-19-21-30(22-20-27)34(35(44)41-33(37(46)48-39(2,3)4)26-29-17-13-10-14-18-29)43(31-23-24-31)36(45)32(25-28-15-11-9-12-16-28)42-38(47)49-40(5,6)7/h9-22,31-34H,8,23-26H2,1-7H3,(H,41,44)(H,42,47). The van der Waals surface area contributed by atoms with E-state index in [0.29, 0.717) is 18.4 Å². The number of esters is 1. The van der Waals surface area contributed by atoms with Crippen molar-refractivity contribution in [3.05, 3.63) is 107 Å². The first kappa shape index (κ1) is 37.2. The quantitative estimate of drug-likeness (QED) is 0.201. The van der Waals surface area contributed by atoms with Gasteiger partial charge in [-0.3, -0.25) is 9.59 Å². The number of alkyl carbamates (subject to hydrolysis) is 1. The zero-order chi connectivity index (χ0) is 35.8. The summed E-state index contributed by atoms with van der Waals surface area (Å²) in [6.45, 7) is 12.7. The van der Waals surface area contributed by atoms with Gasteiger partial charge < -0.3 is 25.0 Å². The van der Waals surface area contributed by atoms with Gasteiger partial charge in [0.25, 0.3) is 0 Å². The van der Waals surface area contributed by atoms with Crippen LogP contribution >= 0.6 is 0 Å². The zero-order valence-corrected chi connectivity index (χ0v) is 29.8. The van der Waals surface area contributed by atoms with Crippen molar-refractivity contribution < 1.29 is 28.7 Å². The number of amides is 3. The molecule has 1 aliphatic carbocycles. The van der Waals surface area contributed by atoms with Gasteiger partial charge in [0.1, 0.15) is 29.3 Å². The van der Waals surface area contributed by atoms with Crippen LogP contribution in [0.25, 0.3) is 0 Å². The lowest BCUT2D eigenvalue weighted by Gasteiger charge is -2.35. The molecule has 3 unspecified atom stereocenters. The molecule has 49 heavy (non-hydrogen) atoms. The number of aryl methyl sites for hydroxylation is 1. The molecule has 2 N–H and O–H groups in total. The first-order valence-electron chi connectivity index (χ1n) is 17.1. The molecule has 0 radical (unpaired) electrons. The van der Waals surface area contributed by atoms with Gasteiger partial charge in [0.05, 0.1) is 0 Å². The van der Waals surface area contributed by atoms with Crippen LogP contribution in [0, 0.1) is 0 Å². The Labute approximate surface area is 290 Å². The summed E-state index contributed by atoms with van der Waals surface area (Å²) in [6, 6.07) is 23.1. The summed E-state index contributed by atoms with van der Waals surface area (Å²) in [5.74, 6) is -1.48. The molecule has 3 atom stereocenters. The number of rotatable bonds is 13. The molecule has 0 aromatic heterocycles. The molecule has 3 amide bonds. The molecule has 1 fully saturated rings. The summed E-state index contributed by atoms with van der Waals surface area (Å²) in [6.07, 6.45) is 1.88. The van der Waals surface area contributed by atoms with E-state index in [2.05, 4.69) is 10.6 Å². The Morgan fingerprint density at radius 1 is 0.694 bits per heavy atom. The molecule has 0 heterocycles. The van der Waals surface area contributed by atoms with Crippen LogP contribution in [-0.2, 0) is 43.1 Å². The lowest BCUT2D eigenvalue weighted by molar-refractivity contribution is -0.159. The number of carbonyl (C=O) groups excluding carboxylic acids is 4. The molecule has 4 rings (SSSR count). The van der Waals surface area contributed by atoms with E-state index in [9.17, 15) is 19.2 Å². The average Bonchev–Trinajstić information content (AvgIpc) is 3.87. The predicted octanol–water partition coefficient (Wildman–Crippen LogP) is 6.49. The van der Waals surface area contributed by atoms with Crippen molar-refractivity contribution in [1.29, 1.82) is 0 Å². The Balaban J connectivity index is 1.74. The molecule has 0 bridgehead atoms. The second kappa shape index (κ2) is 16.2. The molecular formula is C40H51N3O6. The third kappa shape index (κ3) is 11.5. The zero-order valence-electron chi connectivity index (χ0n) is 29.8. The summed E-state index contributed by atoms with van der Waals surface area (Å²) >= 11 is 0. The SMILES string of the molecule is CCc1ccc(C(C(=O)NC(Cc2ccccc2)C(=O)OC(C)(C)C)N(C(=O)C(Cc2ccccc2)NC(=O)OC(C)(C)C)C2CC2)cc1. The van der Waals surface area contributed by atoms with Gasteiger partial charge in [-0.25, -0.2) is 9.59 Å². The number of carbonyl (C=O) groups is 4. The Bertz CT molecular complexity index is 1560. The maximum Gasteiger partial charge on any atom is 0.408 e. The van der Waals surface area contributed by atoms with Crippen LogP contribution in [0.2, 0.25) is 0 Å². The Morgan fingerprint density at radius 2 is 1.20 bits per heavy atom. The van der Waals surface area contributed by atoms with E-state index in [1.54, 1.807) is 46.4 Å². The normalized spacial score (nSPS) is 14.9. The van der Waals surface area contributed by atoms with Crippen LogP contribution in [0.15, 0.2) is 84.9 Å². The van der Waals surface area contributed by atoms with Crippen LogP contribution < -0.4 is 10.6 Å². The van der Waals surface area contributed by atoms with Crippen molar-refractivity contribution in [2.75, 3.05) is 0 Å². The highest BCUT2D eigenvalue weighted by atomic mass is 16.6. The fraction of sp³-hybridized carbons (Fsp3) is 0.450. The van der Waals surface area contributed by atoms with Crippen LogP contribution in [0.4, 0.5) is 4.79 Å². The van der Waals surface area contributed by atoms with E-state index >= 15 is 0 Å². The summed E-state index contributed by atoms with van der Waals surface area (Å²) in [4.78, 5) is 57.6. The molecule has 0 spiro atoms. The third-order valence-electron chi connectivity index (χ3n) is 7.99. The number of nitrogens with one attached hydrogen (secondary N) is 2. The lowest BCUT2D eigenvalue weighted by Crippen LogP contribution is -2.56. The van der Waals surface area contributed by atoms with Gasteiger partial charge in [-0.2, -0.15) is 0 Å². The van der Waals surface area contributed by atoms with Crippen molar-refractivity contribution in [2.24, 2.45) is 0 Å². The third-order valence-corrected chi connectivity index (χ3v) is 7.99. The Morgan fingerprint density at radius 3 is 1.67 bits per heavy atom. The predicted molar refractivity (Wildman–Crippen MR) is 190 cm³/mol. The van der Waals surface area contributed by atoms with Crippen molar-refractivity contribution >= 4 is 23.9 Å². The second-order valence-electron chi connectivity index (χ2n) is 14.6. The largest absolute Gasteiger partial charge is 0.458 e. The van der Waals surface area contributed by atoms with Crippen molar-refractivity contribution in [3.8, 4) is 0 Å². The monoisotopic (exact) mass is 669 g/mol. The summed E-state index contributed by atoms with van der Waals surface area (Å²) in [7, 11) is 0. The number of hydrogen-bond acceptors (Lipinski definition) is 6. The number of hydrogen-bond donors (Lipinski definition) is 2. The smallest absolute Gasteiger partial charge is 0.408 e. The molecule has 0 aliphatic heterocycles. The maximum absolute atomic E-state index is 14.8. The molecule has 9 nitrogen and oxygen atoms in total. The molecule has 3 aromatic carbocycles. The first-order valence-corrected chi connectivity index (χ1v) is 17.1. The highest BCUT2D eigenvalue weighted by Gasteiger charge is 2.45. The summed E-state index contributed by atoms with van der Waals surface area (Å²) < 4.78 is 11.3. The molecule has 1 saturated carbocycles. The molecule has 0 saturated heterocycles. The van der Waals surface area contributed by atoms with E-state index in [-0.39, 0.29) is 18.9 Å². The van der Waals surface area contributed by atoms with Crippen molar-refractivity contribution in [1.82, 2.24) is 15.5 Å². The van der Waals surface area contributed by atoms with E-state index in [0.717, 1.165) is 23.1 Å². The average molecular weight is 670 g/mol. The maximum atomic E-state index is 14.8.